The summed E-state index contributed by atoms with van der Waals surface area (Å²) >= 11 is 0. The number of rotatable bonds is 6. The molecular formula is C13H14N2O4. The Morgan fingerprint density at radius 1 is 1.37 bits per heavy atom. The summed E-state index contributed by atoms with van der Waals surface area (Å²) in [5, 5.41) is 11.4. The van der Waals surface area contributed by atoms with E-state index in [4.69, 9.17) is 5.11 Å². The van der Waals surface area contributed by atoms with Crippen molar-refractivity contribution >= 4 is 18.4 Å². The second-order valence-electron chi connectivity index (χ2n) is 3.68. The van der Waals surface area contributed by atoms with E-state index in [9.17, 15) is 14.4 Å². The van der Waals surface area contributed by atoms with Gasteiger partial charge in [0.25, 0.3) is 0 Å². The first kappa shape index (κ1) is 14.4. The molecule has 0 aliphatic rings. The number of imide groups is 1. The van der Waals surface area contributed by atoms with Crippen molar-refractivity contribution in [2.24, 2.45) is 0 Å². The van der Waals surface area contributed by atoms with Gasteiger partial charge in [-0.2, -0.15) is 0 Å². The van der Waals surface area contributed by atoms with E-state index in [1.54, 1.807) is 30.3 Å². The fourth-order valence-corrected chi connectivity index (χ4v) is 1.45. The van der Waals surface area contributed by atoms with Crippen LogP contribution in [0.3, 0.4) is 0 Å². The molecule has 6 nitrogen and oxygen atoms in total. The van der Waals surface area contributed by atoms with Crippen LogP contribution < -0.4 is 5.32 Å². The minimum atomic E-state index is -1.21. The highest BCUT2D eigenvalue weighted by atomic mass is 16.4. The van der Waals surface area contributed by atoms with Crippen molar-refractivity contribution in [1.29, 1.82) is 0 Å². The standard InChI is InChI=1S/C13H14N2O4/c1-2-8-15(9-16)13(19)14-11(12(17)18)10-6-4-3-5-7-10/h2-7,9,11H,1,8H2,(H,14,19)(H,17,18). The molecule has 1 unspecified atom stereocenters. The van der Waals surface area contributed by atoms with Gasteiger partial charge in [0.15, 0.2) is 6.04 Å². The Morgan fingerprint density at radius 2 is 2.00 bits per heavy atom. The number of nitrogens with one attached hydrogen (secondary N) is 1. The summed E-state index contributed by atoms with van der Waals surface area (Å²) in [6, 6.07) is 6.24. The van der Waals surface area contributed by atoms with E-state index in [-0.39, 0.29) is 6.54 Å². The van der Waals surface area contributed by atoms with E-state index in [0.717, 1.165) is 4.90 Å². The van der Waals surface area contributed by atoms with Crippen molar-refractivity contribution in [2.45, 2.75) is 6.04 Å². The van der Waals surface area contributed by atoms with E-state index in [0.29, 0.717) is 12.0 Å². The van der Waals surface area contributed by atoms with Gasteiger partial charge in [-0.05, 0) is 5.56 Å². The highest BCUT2D eigenvalue weighted by molar-refractivity contribution is 5.89. The van der Waals surface area contributed by atoms with Crippen molar-refractivity contribution < 1.29 is 19.5 Å². The van der Waals surface area contributed by atoms with E-state index in [1.165, 1.54) is 6.08 Å². The normalized spacial score (nSPS) is 11.2. The zero-order valence-corrected chi connectivity index (χ0v) is 10.2. The monoisotopic (exact) mass is 262 g/mol. The SMILES string of the molecule is C=CCN(C=O)C(=O)NC(C(=O)O)c1ccccc1. The summed E-state index contributed by atoms with van der Waals surface area (Å²) in [5.74, 6) is -1.20. The smallest absolute Gasteiger partial charge is 0.330 e. The van der Waals surface area contributed by atoms with Gasteiger partial charge in [-0.3, -0.25) is 9.69 Å². The number of carbonyl (C=O) groups is 3. The number of aliphatic carboxylic acids is 1. The van der Waals surface area contributed by atoms with Gasteiger partial charge < -0.3 is 10.4 Å². The molecule has 0 saturated carbocycles. The number of carboxylic acid groups (broad SMARTS) is 1. The predicted molar refractivity (Wildman–Crippen MR) is 68.3 cm³/mol. The molecule has 100 valence electrons. The van der Waals surface area contributed by atoms with E-state index in [1.807, 2.05) is 0 Å². The first-order valence-electron chi connectivity index (χ1n) is 5.51. The predicted octanol–water partition coefficient (Wildman–Crippen LogP) is 1.17. The van der Waals surface area contributed by atoms with Gasteiger partial charge >= 0.3 is 12.0 Å². The molecule has 0 aliphatic carbocycles. The Bertz CT molecular complexity index is 473. The van der Waals surface area contributed by atoms with Gasteiger partial charge in [-0.15, -0.1) is 6.58 Å². The van der Waals surface area contributed by atoms with E-state index >= 15 is 0 Å². The fraction of sp³-hybridized carbons (Fsp3) is 0.154. The first-order chi connectivity index (χ1) is 9.10. The Morgan fingerprint density at radius 3 is 2.47 bits per heavy atom. The summed E-state index contributed by atoms with van der Waals surface area (Å²) in [4.78, 5) is 34.4. The zero-order valence-electron chi connectivity index (χ0n) is 10.2. The molecule has 0 spiro atoms. The van der Waals surface area contributed by atoms with Crippen molar-refractivity contribution in [3.8, 4) is 0 Å². The number of benzene rings is 1. The van der Waals surface area contributed by atoms with Crippen LogP contribution in [0.4, 0.5) is 4.79 Å². The van der Waals surface area contributed by atoms with Crippen LogP contribution >= 0.6 is 0 Å². The molecule has 3 amide bonds. The molecule has 1 atom stereocenters. The van der Waals surface area contributed by atoms with Gasteiger partial charge in [0.05, 0.1) is 0 Å². The Balaban J connectivity index is 2.85. The lowest BCUT2D eigenvalue weighted by atomic mass is 10.1. The van der Waals surface area contributed by atoms with Crippen LogP contribution in [0.5, 0.6) is 0 Å². The average molecular weight is 262 g/mol. The number of amides is 3. The second kappa shape index (κ2) is 6.95. The summed E-state index contributed by atoms with van der Waals surface area (Å²) in [6.45, 7) is 3.42. The number of urea groups is 1. The minimum Gasteiger partial charge on any atom is -0.479 e. The zero-order chi connectivity index (χ0) is 14.3. The molecule has 0 aromatic heterocycles. The summed E-state index contributed by atoms with van der Waals surface area (Å²) in [5.41, 5.74) is 0.424. The van der Waals surface area contributed by atoms with Crippen LogP contribution in [0.15, 0.2) is 43.0 Å². The molecule has 0 saturated heterocycles. The van der Waals surface area contributed by atoms with E-state index in [2.05, 4.69) is 11.9 Å². The van der Waals surface area contributed by atoms with Crippen LogP contribution in [0.1, 0.15) is 11.6 Å². The Kier molecular flexibility index (Phi) is 5.28. The molecule has 0 radical (unpaired) electrons. The maximum atomic E-state index is 11.7. The lowest BCUT2D eigenvalue weighted by molar-refractivity contribution is -0.139. The molecule has 0 bridgehead atoms. The summed E-state index contributed by atoms with van der Waals surface area (Å²) in [6.07, 6.45) is 1.69. The van der Waals surface area contributed by atoms with Crippen LogP contribution in [-0.2, 0) is 9.59 Å². The van der Waals surface area contributed by atoms with Gasteiger partial charge in [0, 0.05) is 6.54 Å². The highest BCUT2D eigenvalue weighted by Crippen LogP contribution is 2.12. The van der Waals surface area contributed by atoms with Crippen LogP contribution in [-0.4, -0.2) is 35.0 Å². The number of carbonyl (C=O) groups excluding carboxylic acids is 2. The van der Waals surface area contributed by atoms with Crippen LogP contribution in [0, 0.1) is 0 Å². The summed E-state index contributed by atoms with van der Waals surface area (Å²) < 4.78 is 0. The van der Waals surface area contributed by atoms with E-state index < -0.39 is 18.0 Å². The number of carboxylic acids is 1. The van der Waals surface area contributed by atoms with Gasteiger partial charge in [-0.25, -0.2) is 9.59 Å². The van der Waals surface area contributed by atoms with Gasteiger partial charge in [0.2, 0.25) is 6.41 Å². The van der Waals surface area contributed by atoms with Gasteiger partial charge in [0.1, 0.15) is 0 Å². The molecule has 0 aliphatic heterocycles. The fourth-order valence-electron chi connectivity index (χ4n) is 1.45. The molecule has 0 fully saturated rings. The second-order valence-corrected chi connectivity index (χ2v) is 3.68. The number of hydrogen-bond donors (Lipinski definition) is 2. The number of hydrogen-bond acceptors (Lipinski definition) is 3. The maximum Gasteiger partial charge on any atom is 0.330 e. The third kappa shape index (κ3) is 3.95. The molecule has 0 heterocycles. The topological polar surface area (TPSA) is 86.7 Å². The van der Waals surface area contributed by atoms with Crippen molar-refractivity contribution in [2.75, 3.05) is 6.54 Å². The van der Waals surface area contributed by atoms with Gasteiger partial charge in [-0.1, -0.05) is 36.4 Å². The largest absolute Gasteiger partial charge is 0.479 e. The lowest BCUT2D eigenvalue weighted by Gasteiger charge is -2.19. The molecular weight excluding hydrogens is 248 g/mol. The minimum absolute atomic E-state index is 0.0104. The Labute approximate surface area is 110 Å². The lowest BCUT2D eigenvalue weighted by Crippen LogP contribution is -2.43. The van der Waals surface area contributed by atoms with Crippen LogP contribution in [0.2, 0.25) is 0 Å². The van der Waals surface area contributed by atoms with Crippen LogP contribution in [0.25, 0.3) is 0 Å². The third-order valence-electron chi connectivity index (χ3n) is 2.36. The highest BCUT2D eigenvalue weighted by Gasteiger charge is 2.24. The van der Waals surface area contributed by atoms with Crippen molar-refractivity contribution in [3.63, 3.8) is 0 Å². The third-order valence-corrected chi connectivity index (χ3v) is 2.36. The number of nitrogens with zero attached hydrogens (tertiary/aromatic N) is 1. The average Bonchev–Trinajstić information content (AvgIpc) is 2.42. The molecule has 19 heavy (non-hydrogen) atoms. The molecule has 1 aromatic rings. The molecule has 1 aromatic carbocycles. The maximum absolute atomic E-state index is 11.7. The van der Waals surface area contributed by atoms with Crippen molar-refractivity contribution in [3.05, 3.63) is 48.6 Å². The molecule has 1 rings (SSSR count). The van der Waals surface area contributed by atoms with Crippen molar-refractivity contribution in [1.82, 2.24) is 10.2 Å². The molecule has 6 heteroatoms. The summed E-state index contributed by atoms with van der Waals surface area (Å²) in [7, 11) is 0. The first-order valence-corrected chi connectivity index (χ1v) is 5.51. The molecule has 2 N–H and O–H groups in total. The Hall–Kier alpha value is -2.63. The quantitative estimate of drug-likeness (QED) is 0.595.